The molecule has 0 amide bonds. The van der Waals surface area contributed by atoms with Crippen LogP contribution >= 0.6 is 0 Å². The number of hydrogen-bond acceptors (Lipinski definition) is 2. The van der Waals surface area contributed by atoms with Gasteiger partial charge in [-0.15, -0.1) is 0 Å². The molecule has 110 valence electrons. The van der Waals surface area contributed by atoms with E-state index in [1.165, 1.54) is 0 Å². The van der Waals surface area contributed by atoms with Gasteiger partial charge in [0.25, 0.3) is 0 Å². The van der Waals surface area contributed by atoms with E-state index in [9.17, 15) is 9.59 Å². The van der Waals surface area contributed by atoms with Crippen molar-refractivity contribution in [3.8, 4) is 0 Å². The second-order valence-electron chi connectivity index (χ2n) is 5.69. The Balaban J connectivity index is 2.04. The number of Topliss-reactive ketones (excluding diaryl/α,β-unsaturated/α-hetero) is 2. The van der Waals surface area contributed by atoms with Crippen LogP contribution in [0.15, 0.2) is 72.8 Å². The Labute approximate surface area is 130 Å². The quantitative estimate of drug-likeness (QED) is 0.472. The van der Waals surface area contributed by atoms with Crippen LogP contribution in [-0.2, 0) is 0 Å². The molecule has 3 rings (SSSR count). The predicted octanol–water partition coefficient (Wildman–Crippen LogP) is 4.48. The van der Waals surface area contributed by atoms with Crippen molar-refractivity contribution in [3.63, 3.8) is 0 Å². The molecule has 1 aliphatic carbocycles. The maximum absolute atomic E-state index is 13.1. The van der Waals surface area contributed by atoms with Crippen molar-refractivity contribution in [2.75, 3.05) is 0 Å². The summed E-state index contributed by atoms with van der Waals surface area (Å²) in [6.45, 7) is 0. The summed E-state index contributed by atoms with van der Waals surface area (Å²) >= 11 is 0. The molecule has 0 saturated heterocycles. The third-order valence-corrected chi connectivity index (χ3v) is 4.31. The van der Waals surface area contributed by atoms with Crippen LogP contribution in [0.5, 0.6) is 0 Å². The van der Waals surface area contributed by atoms with Crippen molar-refractivity contribution in [1.82, 2.24) is 0 Å². The average molecular weight is 290 g/mol. The topological polar surface area (TPSA) is 34.1 Å². The molecule has 0 aliphatic heterocycles. The Morgan fingerprint density at radius 2 is 1.23 bits per heavy atom. The zero-order valence-electron chi connectivity index (χ0n) is 12.4. The summed E-state index contributed by atoms with van der Waals surface area (Å²) in [5.74, 6) is -0.127. The van der Waals surface area contributed by atoms with E-state index in [0.29, 0.717) is 24.0 Å². The first-order valence-electron chi connectivity index (χ1n) is 7.59. The molecule has 0 fully saturated rings. The fourth-order valence-corrected chi connectivity index (χ4v) is 3.08. The Hall–Kier alpha value is -2.48. The van der Waals surface area contributed by atoms with E-state index in [2.05, 4.69) is 6.08 Å². The van der Waals surface area contributed by atoms with Crippen LogP contribution in [0.4, 0.5) is 0 Å². The molecule has 0 unspecified atom stereocenters. The van der Waals surface area contributed by atoms with Crippen molar-refractivity contribution in [3.05, 3.63) is 83.9 Å². The van der Waals surface area contributed by atoms with E-state index >= 15 is 0 Å². The molecule has 2 aromatic rings. The maximum atomic E-state index is 13.1. The highest BCUT2D eigenvalue weighted by Gasteiger charge is 2.45. The second kappa shape index (κ2) is 6.10. The third kappa shape index (κ3) is 2.52. The highest BCUT2D eigenvalue weighted by molar-refractivity contribution is 6.20. The summed E-state index contributed by atoms with van der Waals surface area (Å²) in [5.41, 5.74) is 0.265. The molecule has 0 heterocycles. The van der Waals surface area contributed by atoms with E-state index in [4.69, 9.17) is 0 Å². The Kier molecular flexibility index (Phi) is 4.01. The molecular formula is C20H18O2. The lowest BCUT2D eigenvalue weighted by molar-refractivity contribution is 0.0644. The van der Waals surface area contributed by atoms with Crippen LogP contribution in [-0.4, -0.2) is 11.6 Å². The van der Waals surface area contributed by atoms with E-state index in [-0.39, 0.29) is 11.6 Å². The average Bonchev–Trinajstić information content (AvgIpc) is 2.62. The third-order valence-electron chi connectivity index (χ3n) is 4.31. The van der Waals surface area contributed by atoms with Crippen LogP contribution < -0.4 is 0 Å². The van der Waals surface area contributed by atoms with Crippen molar-refractivity contribution in [2.24, 2.45) is 5.41 Å². The van der Waals surface area contributed by atoms with Crippen LogP contribution in [0, 0.1) is 5.41 Å². The molecule has 0 atom stereocenters. The zero-order chi connectivity index (χ0) is 15.4. The number of rotatable bonds is 4. The van der Waals surface area contributed by atoms with Gasteiger partial charge in [0, 0.05) is 11.1 Å². The SMILES string of the molecule is O=C(c1ccccc1)C1(C(=O)c2ccccc2)CC=CCC1. The molecular weight excluding hydrogens is 272 g/mol. The second-order valence-corrected chi connectivity index (χ2v) is 5.69. The number of carbonyl (C=O) groups is 2. The molecule has 0 aromatic heterocycles. The van der Waals surface area contributed by atoms with Crippen LogP contribution in [0.1, 0.15) is 40.0 Å². The van der Waals surface area contributed by atoms with Gasteiger partial charge in [-0.1, -0.05) is 72.8 Å². The van der Waals surface area contributed by atoms with E-state index < -0.39 is 5.41 Å². The van der Waals surface area contributed by atoms with E-state index in [0.717, 1.165) is 6.42 Å². The van der Waals surface area contributed by atoms with E-state index in [1.807, 2.05) is 42.5 Å². The van der Waals surface area contributed by atoms with Gasteiger partial charge >= 0.3 is 0 Å². The van der Waals surface area contributed by atoms with Crippen molar-refractivity contribution in [1.29, 1.82) is 0 Å². The minimum atomic E-state index is -0.961. The zero-order valence-corrected chi connectivity index (χ0v) is 12.4. The molecule has 0 N–H and O–H groups in total. The van der Waals surface area contributed by atoms with Gasteiger partial charge in [0.2, 0.25) is 0 Å². The molecule has 0 radical (unpaired) electrons. The van der Waals surface area contributed by atoms with Crippen LogP contribution in [0.25, 0.3) is 0 Å². The van der Waals surface area contributed by atoms with Gasteiger partial charge in [-0.3, -0.25) is 9.59 Å². The molecule has 0 saturated carbocycles. The largest absolute Gasteiger partial charge is 0.293 e. The van der Waals surface area contributed by atoms with Crippen molar-refractivity contribution >= 4 is 11.6 Å². The lowest BCUT2D eigenvalue weighted by Crippen LogP contribution is -2.40. The summed E-state index contributed by atoms with van der Waals surface area (Å²) in [5, 5.41) is 0. The number of ketones is 2. The number of allylic oxidation sites excluding steroid dienone is 2. The summed E-state index contributed by atoms with van der Waals surface area (Å²) in [6.07, 6.45) is 5.83. The first kappa shape index (κ1) is 14.5. The fourth-order valence-electron chi connectivity index (χ4n) is 3.08. The highest BCUT2D eigenvalue weighted by Crippen LogP contribution is 2.39. The normalized spacial score (nSPS) is 16.2. The number of benzene rings is 2. The number of hydrogen-bond donors (Lipinski definition) is 0. The fraction of sp³-hybridized carbons (Fsp3) is 0.200. The molecule has 2 heteroatoms. The molecule has 22 heavy (non-hydrogen) atoms. The van der Waals surface area contributed by atoms with Gasteiger partial charge in [0.05, 0.1) is 0 Å². The highest BCUT2D eigenvalue weighted by atomic mass is 16.2. The van der Waals surface area contributed by atoms with E-state index in [1.54, 1.807) is 24.3 Å². The van der Waals surface area contributed by atoms with Gasteiger partial charge in [-0.2, -0.15) is 0 Å². The summed E-state index contributed by atoms with van der Waals surface area (Å²) < 4.78 is 0. The molecule has 2 aromatic carbocycles. The first-order valence-corrected chi connectivity index (χ1v) is 7.59. The maximum Gasteiger partial charge on any atom is 0.177 e. The molecule has 0 spiro atoms. The van der Waals surface area contributed by atoms with Crippen LogP contribution in [0.2, 0.25) is 0 Å². The van der Waals surface area contributed by atoms with Gasteiger partial charge in [-0.25, -0.2) is 0 Å². The lowest BCUT2D eigenvalue weighted by Gasteiger charge is -2.32. The monoisotopic (exact) mass is 290 g/mol. The number of carbonyl (C=O) groups excluding carboxylic acids is 2. The Morgan fingerprint density at radius 3 is 1.64 bits per heavy atom. The predicted molar refractivity (Wildman–Crippen MR) is 87.0 cm³/mol. The lowest BCUT2D eigenvalue weighted by atomic mass is 9.67. The Morgan fingerprint density at radius 1 is 0.727 bits per heavy atom. The molecule has 0 bridgehead atoms. The van der Waals surface area contributed by atoms with Gasteiger partial charge in [0.1, 0.15) is 5.41 Å². The standard InChI is InChI=1S/C20H18O2/c21-18(16-10-4-1-5-11-16)20(14-8-3-9-15-20)19(22)17-12-6-2-7-13-17/h1-8,10-13H,9,14-15H2. The van der Waals surface area contributed by atoms with Crippen LogP contribution in [0.3, 0.4) is 0 Å². The first-order chi connectivity index (χ1) is 10.7. The van der Waals surface area contributed by atoms with Crippen molar-refractivity contribution in [2.45, 2.75) is 19.3 Å². The van der Waals surface area contributed by atoms with Gasteiger partial charge in [-0.05, 0) is 19.3 Å². The minimum absolute atomic E-state index is 0.0636. The smallest absolute Gasteiger partial charge is 0.177 e. The molecule has 1 aliphatic rings. The van der Waals surface area contributed by atoms with Gasteiger partial charge in [0.15, 0.2) is 11.6 Å². The van der Waals surface area contributed by atoms with Crippen molar-refractivity contribution < 1.29 is 9.59 Å². The minimum Gasteiger partial charge on any atom is -0.293 e. The Bertz CT molecular complexity index is 648. The molecule has 2 nitrogen and oxygen atoms in total. The summed E-state index contributed by atoms with van der Waals surface area (Å²) in [7, 11) is 0. The summed E-state index contributed by atoms with van der Waals surface area (Å²) in [6, 6.07) is 18.3. The summed E-state index contributed by atoms with van der Waals surface area (Å²) in [4.78, 5) is 26.2. The van der Waals surface area contributed by atoms with Gasteiger partial charge < -0.3 is 0 Å².